The molecule has 19 heavy (non-hydrogen) atoms. The molecule has 0 spiro atoms. The van der Waals surface area contributed by atoms with Crippen molar-refractivity contribution < 1.29 is 9.90 Å². The zero-order valence-electron chi connectivity index (χ0n) is 9.62. The Bertz CT molecular complexity index is 782. The number of aromatic carboxylic acids is 1. The fourth-order valence-electron chi connectivity index (χ4n) is 1.88. The van der Waals surface area contributed by atoms with Crippen LogP contribution in [0.3, 0.4) is 0 Å². The number of halogens is 1. The lowest BCUT2D eigenvalue weighted by molar-refractivity contribution is 0.0699. The Labute approximate surface area is 113 Å². The van der Waals surface area contributed by atoms with E-state index in [2.05, 4.69) is 10.1 Å². The van der Waals surface area contributed by atoms with Crippen LogP contribution in [0, 0.1) is 0 Å². The van der Waals surface area contributed by atoms with Gasteiger partial charge in [0.25, 0.3) is 0 Å². The van der Waals surface area contributed by atoms with Crippen LogP contribution in [0.5, 0.6) is 0 Å². The Morgan fingerprint density at radius 2 is 2.11 bits per heavy atom. The molecule has 0 saturated heterocycles. The zero-order valence-corrected chi connectivity index (χ0v) is 10.4. The van der Waals surface area contributed by atoms with Gasteiger partial charge in [-0.3, -0.25) is 0 Å². The highest BCUT2D eigenvalue weighted by Gasteiger charge is 2.09. The fraction of sp³-hybridized carbons (Fsp3) is 0. The Morgan fingerprint density at radius 1 is 1.26 bits per heavy atom. The number of hydrogen-bond acceptors (Lipinski definition) is 3. The van der Waals surface area contributed by atoms with Gasteiger partial charge in [-0.1, -0.05) is 17.7 Å². The second-order valence-corrected chi connectivity index (χ2v) is 4.39. The minimum absolute atomic E-state index is 0.232. The van der Waals surface area contributed by atoms with Crippen LogP contribution < -0.4 is 0 Å². The molecule has 3 aromatic rings. The van der Waals surface area contributed by atoms with Gasteiger partial charge < -0.3 is 5.11 Å². The third-order valence-electron chi connectivity index (χ3n) is 2.73. The van der Waals surface area contributed by atoms with Gasteiger partial charge in [-0.25, -0.2) is 14.5 Å². The van der Waals surface area contributed by atoms with E-state index in [9.17, 15) is 4.79 Å². The van der Waals surface area contributed by atoms with Crippen LogP contribution in [0.25, 0.3) is 16.7 Å². The van der Waals surface area contributed by atoms with Crippen molar-refractivity contribution in [1.82, 2.24) is 14.8 Å². The molecular formula is C13H8ClN3O2. The second kappa shape index (κ2) is 4.37. The van der Waals surface area contributed by atoms with Crippen molar-refractivity contribution in [3.05, 3.63) is 53.3 Å². The molecule has 0 amide bonds. The van der Waals surface area contributed by atoms with Gasteiger partial charge in [0, 0.05) is 5.39 Å². The normalized spacial score (nSPS) is 10.8. The van der Waals surface area contributed by atoms with Crippen LogP contribution >= 0.6 is 11.6 Å². The average molecular weight is 274 g/mol. The molecule has 0 saturated carbocycles. The largest absolute Gasteiger partial charge is 0.478 e. The van der Waals surface area contributed by atoms with Crippen molar-refractivity contribution in [2.75, 3.05) is 0 Å². The highest BCUT2D eigenvalue weighted by Crippen LogP contribution is 2.19. The van der Waals surface area contributed by atoms with Crippen LogP contribution in [0.15, 0.2) is 42.7 Å². The fourth-order valence-corrected chi connectivity index (χ4v) is 2.02. The highest BCUT2D eigenvalue weighted by molar-refractivity contribution is 6.30. The summed E-state index contributed by atoms with van der Waals surface area (Å²) in [6, 6.07) is 8.40. The first-order valence-electron chi connectivity index (χ1n) is 5.49. The maximum Gasteiger partial charge on any atom is 0.336 e. The van der Waals surface area contributed by atoms with E-state index in [-0.39, 0.29) is 5.56 Å². The minimum atomic E-state index is -0.970. The first kappa shape index (κ1) is 11.7. The van der Waals surface area contributed by atoms with E-state index in [1.807, 2.05) is 0 Å². The van der Waals surface area contributed by atoms with Gasteiger partial charge in [-0.15, -0.1) is 0 Å². The molecule has 6 heteroatoms. The number of hydrogen-bond donors (Lipinski definition) is 1. The van der Waals surface area contributed by atoms with Crippen LogP contribution in [-0.4, -0.2) is 25.8 Å². The molecule has 0 fully saturated rings. The molecule has 0 bridgehead atoms. The molecule has 0 unspecified atom stereocenters. The minimum Gasteiger partial charge on any atom is -0.478 e. The summed E-state index contributed by atoms with van der Waals surface area (Å²) < 4.78 is 1.54. The van der Waals surface area contributed by atoms with Gasteiger partial charge in [0.05, 0.1) is 28.5 Å². The molecule has 94 valence electrons. The van der Waals surface area contributed by atoms with Gasteiger partial charge in [0.2, 0.25) is 0 Å². The summed E-state index contributed by atoms with van der Waals surface area (Å²) in [6.07, 6.45) is 3.15. The van der Waals surface area contributed by atoms with E-state index in [1.54, 1.807) is 36.5 Å². The molecule has 2 heterocycles. The Balaban J connectivity index is 2.19. The monoisotopic (exact) mass is 273 g/mol. The first-order valence-corrected chi connectivity index (χ1v) is 5.86. The number of carbonyl (C=O) groups is 1. The number of rotatable bonds is 2. The quantitative estimate of drug-likeness (QED) is 0.779. The van der Waals surface area contributed by atoms with Gasteiger partial charge in [0.1, 0.15) is 0 Å². The summed E-state index contributed by atoms with van der Waals surface area (Å²) in [6.45, 7) is 0. The SMILES string of the molecule is O=C(O)c1cccc2nc(-n3cc(Cl)cn3)ccc12. The third kappa shape index (κ3) is 2.04. The predicted octanol–water partition coefficient (Wildman–Crippen LogP) is 2.77. The van der Waals surface area contributed by atoms with Crippen molar-refractivity contribution in [3.63, 3.8) is 0 Å². The predicted molar refractivity (Wildman–Crippen MR) is 70.8 cm³/mol. The Kier molecular flexibility index (Phi) is 2.68. The van der Waals surface area contributed by atoms with Crippen molar-refractivity contribution >= 4 is 28.5 Å². The van der Waals surface area contributed by atoms with Crippen LogP contribution in [0.2, 0.25) is 5.02 Å². The van der Waals surface area contributed by atoms with Gasteiger partial charge in [0.15, 0.2) is 5.82 Å². The summed E-state index contributed by atoms with van der Waals surface area (Å²) in [7, 11) is 0. The van der Waals surface area contributed by atoms with E-state index in [1.165, 1.54) is 10.9 Å². The molecule has 0 radical (unpaired) electrons. The number of carboxylic acids is 1. The van der Waals surface area contributed by atoms with Gasteiger partial charge >= 0.3 is 5.97 Å². The van der Waals surface area contributed by atoms with Gasteiger partial charge in [-0.05, 0) is 24.3 Å². The number of aromatic nitrogens is 3. The number of carboxylic acid groups (broad SMARTS) is 1. The van der Waals surface area contributed by atoms with Crippen molar-refractivity contribution in [3.8, 4) is 5.82 Å². The van der Waals surface area contributed by atoms with Gasteiger partial charge in [-0.2, -0.15) is 5.10 Å². The topological polar surface area (TPSA) is 68.0 Å². The van der Waals surface area contributed by atoms with Crippen LogP contribution in [0.4, 0.5) is 0 Å². The lowest BCUT2D eigenvalue weighted by atomic mass is 10.1. The Morgan fingerprint density at radius 3 is 2.79 bits per heavy atom. The van der Waals surface area contributed by atoms with E-state index >= 15 is 0 Å². The smallest absolute Gasteiger partial charge is 0.336 e. The van der Waals surface area contributed by atoms with Crippen molar-refractivity contribution in [2.24, 2.45) is 0 Å². The molecule has 0 aliphatic rings. The van der Waals surface area contributed by atoms with E-state index in [0.29, 0.717) is 21.7 Å². The highest BCUT2D eigenvalue weighted by atomic mass is 35.5. The van der Waals surface area contributed by atoms with E-state index in [0.717, 1.165) is 0 Å². The Hall–Kier alpha value is -2.40. The van der Waals surface area contributed by atoms with E-state index in [4.69, 9.17) is 16.7 Å². The third-order valence-corrected chi connectivity index (χ3v) is 2.93. The molecule has 5 nitrogen and oxygen atoms in total. The summed E-state index contributed by atoms with van der Waals surface area (Å²) in [5, 5.41) is 14.3. The number of pyridine rings is 1. The number of nitrogens with zero attached hydrogens (tertiary/aromatic N) is 3. The molecule has 0 atom stereocenters. The maximum atomic E-state index is 11.1. The average Bonchev–Trinajstić information content (AvgIpc) is 2.84. The molecule has 0 aliphatic carbocycles. The summed E-state index contributed by atoms with van der Waals surface area (Å²) >= 11 is 5.81. The first-order chi connectivity index (χ1) is 9.15. The standard InChI is InChI=1S/C13H8ClN3O2/c14-8-6-15-17(7-8)12-5-4-9-10(13(18)19)2-1-3-11(9)16-12/h1-7H,(H,18,19). The van der Waals surface area contributed by atoms with E-state index < -0.39 is 5.97 Å². The number of benzene rings is 1. The summed E-state index contributed by atoms with van der Waals surface area (Å²) in [4.78, 5) is 15.5. The van der Waals surface area contributed by atoms with Crippen LogP contribution in [-0.2, 0) is 0 Å². The lowest BCUT2D eigenvalue weighted by Gasteiger charge is -2.04. The lowest BCUT2D eigenvalue weighted by Crippen LogP contribution is -2.01. The molecule has 2 aromatic heterocycles. The summed E-state index contributed by atoms with van der Waals surface area (Å²) in [5.41, 5.74) is 0.832. The maximum absolute atomic E-state index is 11.1. The van der Waals surface area contributed by atoms with Crippen molar-refractivity contribution in [1.29, 1.82) is 0 Å². The second-order valence-electron chi connectivity index (χ2n) is 3.95. The zero-order chi connectivity index (χ0) is 13.4. The summed E-state index contributed by atoms with van der Waals surface area (Å²) in [5.74, 6) is -0.385. The molecular weight excluding hydrogens is 266 g/mol. The molecule has 0 aliphatic heterocycles. The van der Waals surface area contributed by atoms with Crippen molar-refractivity contribution in [2.45, 2.75) is 0 Å². The number of fused-ring (bicyclic) bond motifs is 1. The molecule has 3 rings (SSSR count). The molecule has 1 aromatic carbocycles. The van der Waals surface area contributed by atoms with Crippen LogP contribution in [0.1, 0.15) is 10.4 Å². The molecule has 1 N–H and O–H groups in total.